The molecular formula is C18H30N2. The number of aryl methyl sites for hydroxylation is 3. The molecule has 0 aliphatic carbocycles. The molecule has 0 unspecified atom stereocenters. The SMILES string of the molecule is CCCN(Cc1c(C)cc(C)cc1C)C1CCNCC1. The second-order valence-electron chi connectivity index (χ2n) is 6.33. The van der Waals surface area contributed by atoms with E-state index in [2.05, 4.69) is 50.0 Å². The molecule has 1 aromatic rings. The summed E-state index contributed by atoms with van der Waals surface area (Å²) in [6.45, 7) is 13.7. The summed E-state index contributed by atoms with van der Waals surface area (Å²) in [5.41, 5.74) is 5.84. The summed E-state index contributed by atoms with van der Waals surface area (Å²) in [6, 6.07) is 5.42. The van der Waals surface area contributed by atoms with Gasteiger partial charge in [0.25, 0.3) is 0 Å². The molecule has 20 heavy (non-hydrogen) atoms. The molecule has 2 heteroatoms. The Morgan fingerprint density at radius 1 is 1.10 bits per heavy atom. The standard InChI is InChI=1S/C18H30N2/c1-5-10-20(17-6-8-19-9-7-17)13-18-15(3)11-14(2)12-16(18)4/h11-12,17,19H,5-10,13H2,1-4H3. The first kappa shape index (κ1) is 15.5. The highest BCUT2D eigenvalue weighted by atomic mass is 15.2. The van der Waals surface area contributed by atoms with Crippen LogP contribution in [0, 0.1) is 20.8 Å². The molecule has 0 radical (unpaired) electrons. The van der Waals surface area contributed by atoms with E-state index in [9.17, 15) is 0 Å². The fraction of sp³-hybridized carbons (Fsp3) is 0.667. The monoisotopic (exact) mass is 274 g/mol. The van der Waals surface area contributed by atoms with Gasteiger partial charge in [-0.2, -0.15) is 0 Å². The highest BCUT2D eigenvalue weighted by molar-refractivity contribution is 5.37. The summed E-state index contributed by atoms with van der Waals surface area (Å²) >= 11 is 0. The summed E-state index contributed by atoms with van der Waals surface area (Å²) in [5.74, 6) is 0. The van der Waals surface area contributed by atoms with E-state index < -0.39 is 0 Å². The Bertz CT molecular complexity index is 410. The third-order valence-corrected chi connectivity index (χ3v) is 4.54. The van der Waals surface area contributed by atoms with Crippen LogP contribution in [0.3, 0.4) is 0 Å². The number of nitrogens with one attached hydrogen (secondary N) is 1. The van der Waals surface area contributed by atoms with Crippen LogP contribution in [0.5, 0.6) is 0 Å². The molecule has 1 aromatic carbocycles. The molecule has 1 heterocycles. The van der Waals surface area contributed by atoms with E-state index in [0.717, 1.165) is 12.6 Å². The minimum absolute atomic E-state index is 0.760. The van der Waals surface area contributed by atoms with Crippen molar-refractivity contribution in [3.63, 3.8) is 0 Å². The van der Waals surface area contributed by atoms with E-state index in [0.29, 0.717) is 0 Å². The highest BCUT2D eigenvalue weighted by Crippen LogP contribution is 2.22. The van der Waals surface area contributed by atoms with Gasteiger partial charge >= 0.3 is 0 Å². The lowest BCUT2D eigenvalue weighted by Crippen LogP contribution is -2.43. The largest absolute Gasteiger partial charge is 0.317 e. The molecule has 1 aliphatic heterocycles. The Balaban J connectivity index is 2.15. The Hall–Kier alpha value is -0.860. The molecule has 0 spiro atoms. The molecule has 0 amide bonds. The third-order valence-electron chi connectivity index (χ3n) is 4.54. The van der Waals surface area contributed by atoms with E-state index >= 15 is 0 Å². The summed E-state index contributed by atoms with van der Waals surface area (Å²) in [7, 11) is 0. The first-order valence-corrected chi connectivity index (χ1v) is 8.13. The zero-order valence-corrected chi connectivity index (χ0v) is 13.6. The lowest BCUT2D eigenvalue weighted by Gasteiger charge is -2.35. The predicted molar refractivity (Wildman–Crippen MR) is 87.2 cm³/mol. The Kier molecular flexibility index (Phi) is 5.62. The zero-order valence-electron chi connectivity index (χ0n) is 13.6. The van der Waals surface area contributed by atoms with Gasteiger partial charge in [-0.3, -0.25) is 4.90 Å². The van der Waals surface area contributed by atoms with Crippen molar-refractivity contribution in [1.82, 2.24) is 10.2 Å². The van der Waals surface area contributed by atoms with Crippen LogP contribution < -0.4 is 5.32 Å². The lowest BCUT2D eigenvalue weighted by atomic mass is 9.97. The van der Waals surface area contributed by atoms with Gasteiger partial charge in [0, 0.05) is 12.6 Å². The maximum atomic E-state index is 3.48. The molecule has 2 rings (SSSR count). The molecule has 0 saturated carbocycles. The molecule has 112 valence electrons. The average molecular weight is 274 g/mol. The van der Waals surface area contributed by atoms with Crippen LogP contribution in [0.2, 0.25) is 0 Å². The van der Waals surface area contributed by atoms with Gasteiger partial charge in [0.15, 0.2) is 0 Å². The van der Waals surface area contributed by atoms with Gasteiger partial charge in [0.05, 0.1) is 0 Å². The van der Waals surface area contributed by atoms with Crippen molar-refractivity contribution < 1.29 is 0 Å². The molecular weight excluding hydrogens is 244 g/mol. The minimum Gasteiger partial charge on any atom is -0.317 e. The maximum absolute atomic E-state index is 3.48. The van der Waals surface area contributed by atoms with Gasteiger partial charge in [0.2, 0.25) is 0 Å². The molecule has 0 atom stereocenters. The van der Waals surface area contributed by atoms with Crippen molar-refractivity contribution in [3.05, 3.63) is 34.4 Å². The van der Waals surface area contributed by atoms with Crippen molar-refractivity contribution in [2.24, 2.45) is 0 Å². The summed E-state index contributed by atoms with van der Waals surface area (Å²) < 4.78 is 0. The molecule has 1 fully saturated rings. The second-order valence-corrected chi connectivity index (χ2v) is 6.33. The Morgan fingerprint density at radius 2 is 1.70 bits per heavy atom. The summed E-state index contributed by atoms with van der Waals surface area (Å²) in [6.07, 6.45) is 3.84. The van der Waals surface area contributed by atoms with Crippen molar-refractivity contribution in [2.45, 2.75) is 59.5 Å². The number of rotatable bonds is 5. The zero-order chi connectivity index (χ0) is 14.5. The molecule has 2 nitrogen and oxygen atoms in total. The van der Waals surface area contributed by atoms with E-state index in [1.165, 1.54) is 55.6 Å². The Morgan fingerprint density at radius 3 is 2.25 bits per heavy atom. The van der Waals surface area contributed by atoms with Crippen molar-refractivity contribution in [2.75, 3.05) is 19.6 Å². The predicted octanol–water partition coefficient (Wildman–Crippen LogP) is 3.58. The number of nitrogens with zero attached hydrogens (tertiary/aromatic N) is 1. The van der Waals surface area contributed by atoms with Crippen LogP contribution in [-0.4, -0.2) is 30.6 Å². The summed E-state index contributed by atoms with van der Waals surface area (Å²) in [5, 5.41) is 3.48. The van der Waals surface area contributed by atoms with Crippen LogP contribution >= 0.6 is 0 Å². The van der Waals surface area contributed by atoms with Crippen LogP contribution in [0.4, 0.5) is 0 Å². The number of benzene rings is 1. The van der Waals surface area contributed by atoms with Gasteiger partial charge in [0.1, 0.15) is 0 Å². The van der Waals surface area contributed by atoms with Crippen LogP contribution in [-0.2, 0) is 6.54 Å². The van der Waals surface area contributed by atoms with Crippen LogP contribution in [0.1, 0.15) is 48.4 Å². The first-order valence-electron chi connectivity index (χ1n) is 8.13. The topological polar surface area (TPSA) is 15.3 Å². The quantitative estimate of drug-likeness (QED) is 0.883. The lowest BCUT2D eigenvalue weighted by molar-refractivity contribution is 0.153. The average Bonchev–Trinajstić information content (AvgIpc) is 2.42. The van der Waals surface area contributed by atoms with Crippen LogP contribution in [0.25, 0.3) is 0 Å². The highest BCUT2D eigenvalue weighted by Gasteiger charge is 2.21. The summed E-state index contributed by atoms with van der Waals surface area (Å²) in [4.78, 5) is 2.71. The fourth-order valence-electron chi connectivity index (χ4n) is 3.51. The molecule has 1 aliphatic rings. The van der Waals surface area contributed by atoms with Crippen molar-refractivity contribution in [1.29, 1.82) is 0 Å². The maximum Gasteiger partial charge on any atom is 0.0241 e. The Labute approximate surface area is 124 Å². The van der Waals surface area contributed by atoms with E-state index in [1.54, 1.807) is 5.56 Å². The minimum atomic E-state index is 0.760. The van der Waals surface area contributed by atoms with Crippen molar-refractivity contribution >= 4 is 0 Å². The fourth-order valence-corrected chi connectivity index (χ4v) is 3.51. The van der Waals surface area contributed by atoms with Gasteiger partial charge in [-0.05, 0) is 76.4 Å². The molecule has 1 saturated heterocycles. The van der Waals surface area contributed by atoms with E-state index in [-0.39, 0.29) is 0 Å². The number of hydrogen-bond acceptors (Lipinski definition) is 2. The molecule has 0 aromatic heterocycles. The van der Waals surface area contributed by atoms with E-state index in [1.807, 2.05) is 0 Å². The van der Waals surface area contributed by atoms with Crippen LogP contribution in [0.15, 0.2) is 12.1 Å². The number of piperidine rings is 1. The van der Waals surface area contributed by atoms with Gasteiger partial charge in [-0.25, -0.2) is 0 Å². The van der Waals surface area contributed by atoms with Gasteiger partial charge in [-0.1, -0.05) is 24.6 Å². The van der Waals surface area contributed by atoms with Gasteiger partial charge in [-0.15, -0.1) is 0 Å². The first-order chi connectivity index (χ1) is 9.61. The molecule has 1 N–H and O–H groups in total. The third kappa shape index (κ3) is 3.83. The normalized spacial score (nSPS) is 16.9. The number of hydrogen-bond donors (Lipinski definition) is 1. The molecule has 0 bridgehead atoms. The van der Waals surface area contributed by atoms with Gasteiger partial charge < -0.3 is 5.32 Å². The van der Waals surface area contributed by atoms with Crippen molar-refractivity contribution in [3.8, 4) is 0 Å². The second kappa shape index (κ2) is 7.24. The van der Waals surface area contributed by atoms with E-state index in [4.69, 9.17) is 0 Å². The smallest absolute Gasteiger partial charge is 0.0241 e.